The van der Waals surface area contributed by atoms with Crippen LogP contribution in [0, 0.1) is 0 Å². The lowest BCUT2D eigenvalue weighted by Gasteiger charge is -2.36. The zero-order valence-electron chi connectivity index (χ0n) is 12.9. The van der Waals surface area contributed by atoms with Gasteiger partial charge in [-0.3, -0.25) is 4.90 Å². The molecule has 1 aliphatic rings. The number of carbonyl (C=O) groups excluding carboxylic acids is 1. The van der Waals surface area contributed by atoms with Gasteiger partial charge in [0.15, 0.2) is 0 Å². The summed E-state index contributed by atoms with van der Waals surface area (Å²) in [5.41, 5.74) is 3.23. The van der Waals surface area contributed by atoms with Crippen molar-refractivity contribution in [1.82, 2.24) is 0 Å². The number of hydrogen-bond acceptors (Lipinski definition) is 2. The molecule has 3 nitrogen and oxygen atoms in total. The molecule has 3 rings (SSSR count). The van der Waals surface area contributed by atoms with E-state index >= 15 is 0 Å². The van der Waals surface area contributed by atoms with Crippen molar-refractivity contribution in [1.29, 1.82) is 0 Å². The van der Waals surface area contributed by atoms with Crippen LogP contribution in [0.15, 0.2) is 54.6 Å². The van der Waals surface area contributed by atoms with Gasteiger partial charge in [0.2, 0.25) is 0 Å². The number of ether oxygens (including phenoxy) is 1. The molecule has 1 heterocycles. The molecule has 22 heavy (non-hydrogen) atoms. The van der Waals surface area contributed by atoms with Crippen LogP contribution >= 0.6 is 0 Å². The van der Waals surface area contributed by atoms with Gasteiger partial charge in [-0.2, -0.15) is 0 Å². The second kappa shape index (κ2) is 6.65. The second-order valence-corrected chi connectivity index (χ2v) is 5.64. The van der Waals surface area contributed by atoms with Crippen LogP contribution in [-0.4, -0.2) is 12.1 Å². The number of nitrogens with zero attached hydrogens (tertiary/aromatic N) is 1. The van der Waals surface area contributed by atoms with Crippen molar-refractivity contribution in [2.75, 3.05) is 4.90 Å². The predicted molar refractivity (Wildman–Crippen MR) is 87.9 cm³/mol. The van der Waals surface area contributed by atoms with Gasteiger partial charge in [-0.15, -0.1) is 0 Å². The van der Waals surface area contributed by atoms with Gasteiger partial charge in [0, 0.05) is 6.04 Å². The average molecular weight is 295 g/mol. The van der Waals surface area contributed by atoms with Gasteiger partial charge in [-0.05, 0) is 36.5 Å². The van der Waals surface area contributed by atoms with Crippen molar-refractivity contribution < 1.29 is 9.53 Å². The predicted octanol–water partition coefficient (Wildman–Crippen LogP) is 4.55. The molecule has 1 amide bonds. The van der Waals surface area contributed by atoms with E-state index in [1.165, 1.54) is 5.56 Å². The molecule has 0 radical (unpaired) electrons. The lowest BCUT2D eigenvalue weighted by Crippen LogP contribution is -2.43. The van der Waals surface area contributed by atoms with Crippen molar-refractivity contribution in [2.45, 2.75) is 38.8 Å². The minimum absolute atomic E-state index is 0.221. The van der Waals surface area contributed by atoms with Crippen molar-refractivity contribution in [2.24, 2.45) is 0 Å². The van der Waals surface area contributed by atoms with Gasteiger partial charge in [0.05, 0.1) is 5.69 Å². The van der Waals surface area contributed by atoms with Gasteiger partial charge >= 0.3 is 6.09 Å². The summed E-state index contributed by atoms with van der Waals surface area (Å²) in [5, 5.41) is 0. The summed E-state index contributed by atoms with van der Waals surface area (Å²) in [6.07, 6.45) is 2.71. The van der Waals surface area contributed by atoms with Gasteiger partial charge in [-0.1, -0.05) is 55.5 Å². The topological polar surface area (TPSA) is 29.5 Å². The van der Waals surface area contributed by atoms with Crippen molar-refractivity contribution in [3.8, 4) is 0 Å². The lowest BCUT2D eigenvalue weighted by molar-refractivity contribution is 0.143. The number of aryl methyl sites for hydroxylation is 1. The second-order valence-electron chi connectivity index (χ2n) is 5.64. The van der Waals surface area contributed by atoms with E-state index in [4.69, 9.17) is 4.74 Å². The highest BCUT2D eigenvalue weighted by atomic mass is 16.6. The Bertz CT molecular complexity index is 639. The molecule has 1 aliphatic heterocycles. The molecule has 0 fully saturated rings. The highest BCUT2D eigenvalue weighted by Crippen LogP contribution is 2.32. The molecule has 0 N–H and O–H groups in total. The van der Waals surface area contributed by atoms with Crippen LogP contribution in [0.1, 0.15) is 30.9 Å². The zero-order valence-corrected chi connectivity index (χ0v) is 12.9. The first-order chi connectivity index (χ1) is 10.8. The van der Waals surface area contributed by atoms with Gasteiger partial charge < -0.3 is 4.74 Å². The molecule has 2 aromatic carbocycles. The van der Waals surface area contributed by atoms with E-state index in [1.54, 1.807) is 0 Å². The van der Waals surface area contributed by atoms with Crippen LogP contribution in [0.2, 0.25) is 0 Å². The van der Waals surface area contributed by atoms with Crippen LogP contribution in [0.25, 0.3) is 0 Å². The number of benzene rings is 2. The van der Waals surface area contributed by atoms with Crippen LogP contribution in [0.4, 0.5) is 10.5 Å². The maximum atomic E-state index is 12.6. The Hall–Kier alpha value is -2.29. The minimum atomic E-state index is -0.247. The Morgan fingerprint density at radius 3 is 2.64 bits per heavy atom. The molecule has 3 heteroatoms. The maximum absolute atomic E-state index is 12.6. The van der Waals surface area contributed by atoms with Gasteiger partial charge in [-0.25, -0.2) is 4.79 Å². The first kappa shape index (κ1) is 14.6. The smallest absolute Gasteiger partial charge is 0.414 e. The summed E-state index contributed by atoms with van der Waals surface area (Å²) in [4.78, 5) is 14.4. The molecular weight excluding hydrogens is 274 g/mol. The van der Waals surface area contributed by atoms with E-state index < -0.39 is 0 Å². The summed E-state index contributed by atoms with van der Waals surface area (Å²) in [6.45, 7) is 2.44. The Balaban J connectivity index is 1.77. The van der Waals surface area contributed by atoms with E-state index in [-0.39, 0.29) is 12.1 Å². The fraction of sp³-hybridized carbons (Fsp3) is 0.316. The van der Waals surface area contributed by atoms with Crippen LogP contribution in [0.3, 0.4) is 0 Å². The molecule has 114 valence electrons. The largest absolute Gasteiger partial charge is 0.444 e. The zero-order chi connectivity index (χ0) is 15.4. The average Bonchev–Trinajstić information content (AvgIpc) is 2.59. The fourth-order valence-corrected chi connectivity index (χ4v) is 3.03. The number of anilines is 1. The number of hydrogen-bond donors (Lipinski definition) is 0. The molecule has 0 aromatic heterocycles. The number of carbonyl (C=O) groups is 1. The highest BCUT2D eigenvalue weighted by molar-refractivity contribution is 5.90. The normalized spacial score (nSPS) is 17.0. The van der Waals surface area contributed by atoms with E-state index in [1.807, 2.05) is 53.4 Å². The highest BCUT2D eigenvalue weighted by Gasteiger charge is 2.30. The number of para-hydroxylation sites is 1. The quantitative estimate of drug-likeness (QED) is 0.831. The van der Waals surface area contributed by atoms with Crippen molar-refractivity contribution >= 4 is 11.8 Å². The van der Waals surface area contributed by atoms with Gasteiger partial charge in [0.1, 0.15) is 6.61 Å². The molecule has 0 aliphatic carbocycles. The number of amides is 1. The summed E-state index contributed by atoms with van der Waals surface area (Å²) >= 11 is 0. The molecule has 0 saturated heterocycles. The monoisotopic (exact) mass is 295 g/mol. The van der Waals surface area contributed by atoms with Crippen LogP contribution in [0.5, 0.6) is 0 Å². The molecule has 0 unspecified atom stereocenters. The van der Waals surface area contributed by atoms with E-state index in [9.17, 15) is 4.79 Å². The summed E-state index contributed by atoms with van der Waals surface area (Å²) in [5.74, 6) is 0. The third-order valence-corrected chi connectivity index (χ3v) is 4.24. The summed E-state index contributed by atoms with van der Waals surface area (Å²) in [6, 6.07) is 18.1. The Labute approximate surface area is 131 Å². The Morgan fingerprint density at radius 1 is 1.14 bits per heavy atom. The van der Waals surface area contributed by atoms with Crippen molar-refractivity contribution in [3.63, 3.8) is 0 Å². The van der Waals surface area contributed by atoms with E-state index in [0.29, 0.717) is 6.61 Å². The molecular formula is C19H21NO2. The van der Waals surface area contributed by atoms with Crippen LogP contribution in [-0.2, 0) is 17.8 Å². The number of rotatable bonds is 3. The molecule has 2 aromatic rings. The summed E-state index contributed by atoms with van der Waals surface area (Å²) < 4.78 is 5.54. The van der Waals surface area contributed by atoms with Crippen molar-refractivity contribution in [3.05, 3.63) is 65.7 Å². The molecule has 0 bridgehead atoms. The Morgan fingerprint density at radius 2 is 1.86 bits per heavy atom. The standard InChI is InChI=1S/C19H21NO2/c1-2-17-13-12-16-10-6-7-11-18(16)20(17)19(21)22-14-15-8-4-3-5-9-15/h3-11,17H,2,12-14H2,1H3/t17-/m0/s1. The molecule has 0 saturated carbocycles. The number of fused-ring (bicyclic) bond motifs is 1. The van der Waals surface area contributed by atoms with Gasteiger partial charge in [0.25, 0.3) is 0 Å². The first-order valence-corrected chi connectivity index (χ1v) is 7.87. The minimum Gasteiger partial charge on any atom is -0.444 e. The maximum Gasteiger partial charge on any atom is 0.414 e. The third-order valence-electron chi connectivity index (χ3n) is 4.24. The molecule has 1 atom stereocenters. The first-order valence-electron chi connectivity index (χ1n) is 7.87. The van der Waals surface area contributed by atoms with E-state index in [2.05, 4.69) is 13.0 Å². The molecule has 0 spiro atoms. The van der Waals surface area contributed by atoms with E-state index in [0.717, 1.165) is 30.5 Å². The lowest BCUT2D eigenvalue weighted by atomic mass is 9.95. The SMILES string of the molecule is CC[C@H]1CCc2ccccc2N1C(=O)OCc1ccccc1. The van der Waals surface area contributed by atoms with Crippen LogP contribution < -0.4 is 4.90 Å². The fourth-order valence-electron chi connectivity index (χ4n) is 3.03. The summed E-state index contributed by atoms with van der Waals surface area (Å²) in [7, 11) is 0. The third kappa shape index (κ3) is 2.98. The Kier molecular flexibility index (Phi) is 4.42.